The first kappa shape index (κ1) is 15.4. The van der Waals surface area contributed by atoms with E-state index >= 15 is 0 Å². The van der Waals surface area contributed by atoms with Gasteiger partial charge in [0, 0.05) is 31.0 Å². The second-order valence-corrected chi connectivity index (χ2v) is 5.78. The average molecular weight is 331 g/mol. The molecular weight excluding hydrogens is 316 g/mol. The molecule has 0 atom stereocenters. The number of carbonyl (C=O) groups is 1. The molecule has 0 saturated carbocycles. The Morgan fingerprint density at radius 3 is 2.52 bits per heavy atom. The summed E-state index contributed by atoms with van der Waals surface area (Å²) in [6.07, 6.45) is 1.58. The maximum absolute atomic E-state index is 12.3. The van der Waals surface area contributed by atoms with Crippen LogP contribution in [-0.2, 0) is 0 Å². The topological polar surface area (TPSA) is 66.5 Å². The SMILES string of the molecule is N#Cc1ccc(C(=O)N2CCC(Oc3ccc(Cl)cc3)CC2)o1. The number of carbonyl (C=O) groups excluding carboxylic acids is 1. The van der Waals surface area contributed by atoms with Gasteiger partial charge in [-0.25, -0.2) is 0 Å². The molecule has 1 amide bonds. The van der Waals surface area contributed by atoms with Crippen molar-refractivity contribution in [2.24, 2.45) is 0 Å². The molecule has 0 N–H and O–H groups in total. The third-order valence-electron chi connectivity index (χ3n) is 3.77. The Bertz CT molecular complexity index is 725. The van der Waals surface area contributed by atoms with Gasteiger partial charge in [0.15, 0.2) is 5.76 Å². The smallest absolute Gasteiger partial charge is 0.289 e. The summed E-state index contributed by atoms with van der Waals surface area (Å²) in [5, 5.41) is 9.42. The molecule has 0 unspecified atom stereocenters. The quantitative estimate of drug-likeness (QED) is 0.864. The lowest BCUT2D eigenvalue weighted by molar-refractivity contribution is 0.0566. The van der Waals surface area contributed by atoms with Crippen LogP contribution in [0.2, 0.25) is 5.02 Å². The lowest BCUT2D eigenvalue weighted by Crippen LogP contribution is -2.41. The van der Waals surface area contributed by atoms with Gasteiger partial charge in [0.1, 0.15) is 17.9 Å². The maximum atomic E-state index is 12.3. The molecule has 0 bridgehead atoms. The predicted molar refractivity (Wildman–Crippen MR) is 84.4 cm³/mol. The zero-order valence-corrected chi connectivity index (χ0v) is 13.1. The number of rotatable bonds is 3. The fourth-order valence-electron chi connectivity index (χ4n) is 2.55. The number of piperidine rings is 1. The van der Waals surface area contributed by atoms with Gasteiger partial charge in [-0.2, -0.15) is 5.26 Å². The number of likely N-dealkylation sites (tertiary alicyclic amines) is 1. The van der Waals surface area contributed by atoms with Crippen LogP contribution in [0.4, 0.5) is 0 Å². The predicted octanol–water partition coefficient (Wildman–Crippen LogP) is 3.49. The number of ether oxygens (including phenoxy) is 1. The summed E-state index contributed by atoms with van der Waals surface area (Å²) < 4.78 is 11.1. The van der Waals surface area contributed by atoms with Crippen LogP contribution >= 0.6 is 11.6 Å². The van der Waals surface area contributed by atoms with Crippen molar-refractivity contribution in [3.05, 3.63) is 52.9 Å². The zero-order chi connectivity index (χ0) is 16.2. The summed E-state index contributed by atoms with van der Waals surface area (Å²) in [7, 11) is 0. The highest BCUT2D eigenvalue weighted by molar-refractivity contribution is 6.30. The highest BCUT2D eigenvalue weighted by atomic mass is 35.5. The van der Waals surface area contributed by atoms with Gasteiger partial charge in [-0.05, 0) is 36.4 Å². The molecule has 1 aromatic carbocycles. The molecule has 0 spiro atoms. The molecule has 2 aromatic rings. The van der Waals surface area contributed by atoms with Crippen molar-refractivity contribution in [3.63, 3.8) is 0 Å². The minimum atomic E-state index is -0.184. The third-order valence-corrected chi connectivity index (χ3v) is 4.02. The molecule has 6 heteroatoms. The van der Waals surface area contributed by atoms with E-state index in [2.05, 4.69) is 0 Å². The van der Waals surface area contributed by atoms with Crippen LogP contribution in [-0.4, -0.2) is 30.0 Å². The molecule has 3 rings (SSSR count). The van der Waals surface area contributed by atoms with Crippen molar-refractivity contribution in [2.75, 3.05) is 13.1 Å². The molecule has 1 aromatic heterocycles. The van der Waals surface area contributed by atoms with E-state index in [4.69, 9.17) is 26.0 Å². The van der Waals surface area contributed by atoms with Crippen LogP contribution in [0.1, 0.15) is 29.2 Å². The van der Waals surface area contributed by atoms with Crippen molar-refractivity contribution in [2.45, 2.75) is 18.9 Å². The number of nitriles is 1. The lowest BCUT2D eigenvalue weighted by atomic mass is 10.1. The minimum Gasteiger partial charge on any atom is -0.490 e. The molecule has 0 radical (unpaired) electrons. The third kappa shape index (κ3) is 3.66. The highest BCUT2D eigenvalue weighted by Gasteiger charge is 2.26. The van der Waals surface area contributed by atoms with Gasteiger partial charge in [0.05, 0.1) is 0 Å². The largest absolute Gasteiger partial charge is 0.490 e. The van der Waals surface area contributed by atoms with Gasteiger partial charge in [-0.1, -0.05) is 11.6 Å². The summed E-state index contributed by atoms with van der Waals surface area (Å²) in [4.78, 5) is 14.0. The Morgan fingerprint density at radius 1 is 1.22 bits per heavy atom. The molecule has 1 aliphatic rings. The van der Waals surface area contributed by atoms with Gasteiger partial charge in [-0.3, -0.25) is 4.79 Å². The van der Waals surface area contributed by atoms with Crippen molar-refractivity contribution in [1.82, 2.24) is 4.90 Å². The van der Waals surface area contributed by atoms with Gasteiger partial charge < -0.3 is 14.1 Å². The number of hydrogen-bond acceptors (Lipinski definition) is 4. The van der Waals surface area contributed by atoms with E-state index in [0.29, 0.717) is 18.1 Å². The standard InChI is InChI=1S/C17H15ClN2O3/c18-12-1-3-13(4-2-12)22-14-7-9-20(10-8-14)17(21)16-6-5-15(11-19)23-16/h1-6,14H,7-10H2. The van der Waals surface area contributed by atoms with E-state index in [1.165, 1.54) is 12.1 Å². The number of furan rings is 1. The normalized spacial score (nSPS) is 15.2. The fourth-order valence-corrected chi connectivity index (χ4v) is 2.68. The molecule has 0 aliphatic carbocycles. The zero-order valence-electron chi connectivity index (χ0n) is 12.4. The van der Waals surface area contributed by atoms with Crippen LogP contribution in [0.15, 0.2) is 40.8 Å². The number of benzene rings is 1. The first-order chi connectivity index (χ1) is 11.2. The van der Waals surface area contributed by atoms with Crippen molar-refractivity contribution >= 4 is 17.5 Å². The van der Waals surface area contributed by atoms with E-state index < -0.39 is 0 Å². The number of amides is 1. The number of halogens is 1. The van der Waals surface area contributed by atoms with E-state index in [0.717, 1.165) is 18.6 Å². The Kier molecular flexibility index (Phi) is 4.54. The van der Waals surface area contributed by atoms with Gasteiger partial charge >= 0.3 is 0 Å². The van der Waals surface area contributed by atoms with Crippen molar-refractivity contribution in [3.8, 4) is 11.8 Å². The number of hydrogen-bond donors (Lipinski definition) is 0. The fraction of sp³-hybridized carbons (Fsp3) is 0.294. The van der Waals surface area contributed by atoms with Crippen LogP contribution in [0.5, 0.6) is 5.75 Å². The van der Waals surface area contributed by atoms with Crippen LogP contribution < -0.4 is 4.74 Å². The molecule has 1 saturated heterocycles. The first-order valence-electron chi connectivity index (χ1n) is 7.37. The van der Waals surface area contributed by atoms with E-state index in [1.54, 1.807) is 17.0 Å². The van der Waals surface area contributed by atoms with E-state index in [-0.39, 0.29) is 23.5 Å². The van der Waals surface area contributed by atoms with Crippen LogP contribution in [0.3, 0.4) is 0 Å². The van der Waals surface area contributed by atoms with E-state index in [1.807, 2.05) is 18.2 Å². The lowest BCUT2D eigenvalue weighted by Gasteiger charge is -2.31. The second kappa shape index (κ2) is 6.76. The van der Waals surface area contributed by atoms with Gasteiger partial charge in [0.25, 0.3) is 5.91 Å². The second-order valence-electron chi connectivity index (χ2n) is 5.34. The summed E-state index contributed by atoms with van der Waals surface area (Å²) in [5.74, 6) is 0.952. The van der Waals surface area contributed by atoms with Crippen LogP contribution in [0, 0.1) is 11.3 Å². The molecule has 5 nitrogen and oxygen atoms in total. The maximum Gasteiger partial charge on any atom is 0.289 e. The monoisotopic (exact) mass is 330 g/mol. The number of nitrogens with zero attached hydrogens (tertiary/aromatic N) is 2. The van der Waals surface area contributed by atoms with Crippen molar-refractivity contribution < 1.29 is 13.9 Å². The summed E-state index contributed by atoms with van der Waals surface area (Å²) >= 11 is 5.85. The Morgan fingerprint density at radius 2 is 1.91 bits per heavy atom. The Balaban J connectivity index is 1.54. The van der Waals surface area contributed by atoms with Crippen molar-refractivity contribution in [1.29, 1.82) is 5.26 Å². The van der Waals surface area contributed by atoms with E-state index in [9.17, 15) is 4.79 Å². The molecule has 2 heterocycles. The molecular formula is C17H15ClN2O3. The molecule has 118 valence electrons. The highest BCUT2D eigenvalue weighted by Crippen LogP contribution is 2.22. The first-order valence-corrected chi connectivity index (χ1v) is 7.75. The Hall–Kier alpha value is -2.45. The molecule has 1 aliphatic heterocycles. The summed E-state index contributed by atoms with van der Waals surface area (Å²) in [6, 6.07) is 12.2. The van der Waals surface area contributed by atoms with Gasteiger partial charge in [-0.15, -0.1) is 0 Å². The minimum absolute atomic E-state index is 0.0755. The summed E-state index contributed by atoms with van der Waals surface area (Å²) in [6.45, 7) is 1.19. The average Bonchev–Trinajstić information content (AvgIpc) is 3.06. The van der Waals surface area contributed by atoms with Gasteiger partial charge in [0.2, 0.25) is 5.76 Å². The molecule has 23 heavy (non-hydrogen) atoms. The van der Waals surface area contributed by atoms with Crippen LogP contribution in [0.25, 0.3) is 0 Å². The summed E-state index contributed by atoms with van der Waals surface area (Å²) in [5.41, 5.74) is 0. The Labute approximate surface area is 139 Å². The molecule has 1 fully saturated rings.